The number of benzene rings is 1. The number of oxime groups is 1. The van der Waals surface area contributed by atoms with Crippen LogP contribution >= 0.6 is 0 Å². The van der Waals surface area contributed by atoms with Gasteiger partial charge < -0.3 is 14.6 Å². The van der Waals surface area contributed by atoms with Gasteiger partial charge in [0.05, 0.1) is 6.21 Å². The van der Waals surface area contributed by atoms with Crippen molar-refractivity contribution < 1.29 is 9.63 Å². The van der Waals surface area contributed by atoms with E-state index in [9.17, 15) is 4.79 Å². The van der Waals surface area contributed by atoms with Gasteiger partial charge in [-0.1, -0.05) is 17.3 Å². The van der Waals surface area contributed by atoms with Crippen LogP contribution in [0.25, 0.3) is 0 Å². The fourth-order valence-electron chi connectivity index (χ4n) is 2.61. The number of rotatable bonds is 7. The molecule has 0 N–H and O–H groups in total. The maximum absolute atomic E-state index is 11.8. The zero-order valence-electron chi connectivity index (χ0n) is 13.5. The molecule has 120 valence electrons. The van der Waals surface area contributed by atoms with Crippen molar-refractivity contribution >= 4 is 17.8 Å². The van der Waals surface area contributed by atoms with Crippen molar-refractivity contribution in [3.05, 3.63) is 29.8 Å². The smallest absolute Gasteiger partial charge is 0.263 e. The maximum atomic E-state index is 11.8. The van der Waals surface area contributed by atoms with Gasteiger partial charge >= 0.3 is 0 Å². The van der Waals surface area contributed by atoms with Crippen LogP contribution in [0.3, 0.4) is 0 Å². The van der Waals surface area contributed by atoms with E-state index >= 15 is 0 Å². The molecule has 1 saturated heterocycles. The Morgan fingerprint density at radius 1 is 1.23 bits per heavy atom. The molecular formula is C17H25N3O2. The zero-order valence-corrected chi connectivity index (χ0v) is 13.5. The number of carbonyl (C=O) groups is 1. The van der Waals surface area contributed by atoms with Crippen LogP contribution in [-0.2, 0) is 9.63 Å². The molecule has 0 bridgehead atoms. The molecule has 1 amide bonds. The molecule has 1 aliphatic heterocycles. The van der Waals surface area contributed by atoms with Gasteiger partial charge in [-0.3, -0.25) is 4.79 Å². The van der Waals surface area contributed by atoms with E-state index in [1.807, 2.05) is 17.0 Å². The second-order valence-corrected chi connectivity index (χ2v) is 5.36. The molecule has 2 rings (SSSR count). The van der Waals surface area contributed by atoms with E-state index in [4.69, 9.17) is 4.84 Å². The molecule has 0 atom stereocenters. The van der Waals surface area contributed by atoms with Gasteiger partial charge in [-0.25, -0.2) is 0 Å². The van der Waals surface area contributed by atoms with E-state index in [1.165, 1.54) is 5.69 Å². The van der Waals surface area contributed by atoms with E-state index in [-0.39, 0.29) is 12.5 Å². The molecule has 0 saturated carbocycles. The number of hydrogen-bond acceptors (Lipinski definition) is 4. The molecule has 0 spiro atoms. The van der Waals surface area contributed by atoms with Gasteiger partial charge in [-0.05, 0) is 44.4 Å². The standard InChI is InChI=1S/C17H25N3O2/c1-3-19(4-2)16-9-7-15(8-10-16)13-18-22-14-17(21)20-11-5-6-12-20/h7-10,13H,3-6,11-12,14H2,1-2H3. The summed E-state index contributed by atoms with van der Waals surface area (Å²) in [7, 11) is 0. The number of anilines is 1. The summed E-state index contributed by atoms with van der Waals surface area (Å²) in [6.07, 6.45) is 3.82. The Morgan fingerprint density at radius 3 is 2.45 bits per heavy atom. The molecule has 1 aromatic rings. The lowest BCUT2D eigenvalue weighted by Crippen LogP contribution is -2.30. The molecule has 0 radical (unpaired) electrons. The molecular weight excluding hydrogens is 278 g/mol. The molecule has 0 aliphatic carbocycles. The lowest BCUT2D eigenvalue weighted by molar-refractivity contribution is -0.134. The first kappa shape index (κ1) is 16.3. The summed E-state index contributed by atoms with van der Waals surface area (Å²) in [6, 6.07) is 8.15. The van der Waals surface area contributed by atoms with Gasteiger partial charge in [0.15, 0.2) is 6.61 Å². The predicted octanol–water partition coefficient (Wildman–Crippen LogP) is 2.51. The number of amides is 1. The van der Waals surface area contributed by atoms with E-state index in [1.54, 1.807) is 6.21 Å². The van der Waals surface area contributed by atoms with Gasteiger partial charge in [-0.2, -0.15) is 0 Å². The van der Waals surface area contributed by atoms with Crippen molar-refractivity contribution in [1.29, 1.82) is 0 Å². The Bertz CT molecular complexity index is 489. The highest BCUT2D eigenvalue weighted by Crippen LogP contribution is 2.14. The molecule has 5 nitrogen and oxygen atoms in total. The minimum absolute atomic E-state index is 0.0199. The maximum Gasteiger partial charge on any atom is 0.263 e. The third kappa shape index (κ3) is 4.48. The minimum Gasteiger partial charge on any atom is -0.386 e. The Kier molecular flexibility index (Phi) is 6.25. The lowest BCUT2D eigenvalue weighted by atomic mass is 10.2. The molecule has 0 unspecified atom stereocenters. The second kappa shape index (κ2) is 8.41. The molecule has 1 fully saturated rings. The van der Waals surface area contributed by atoms with Crippen molar-refractivity contribution in [3.63, 3.8) is 0 Å². The van der Waals surface area contributed by atoms with Gasteiger partial charge in [0.2, 0.25) is 0 Å². The van der Waals surface area contributed by atoms with Crippen molar-refractivity contribution in [2.24, 2.45) is 5.16 Å². The minimum atomic E-state index is 0.0199. The van der Waals surface area contributed by atoms with E-state index in [0.29, 0.717) is 0 Å². The normalized spacial score (nSPS) is 14.5. The average Bonchev–Trinajstić information content (AvgIpc) is 3.08. The van der Waals surface area contributed by atoms with Gasteiger partial charge in [0.1, 0.15) is 0 Å². The van der Waals surface area contributed by atoms with E-state index in [0.717, 1.165) is 44.6 Å². The van der Waals surface area contributed by atoms with E-state index in [2.05, 4.69) is 36.0 Å². The van der Waals surface area contributed by atoms with Crippen LogP contribution < -0.4 is 4.90 Å². The Morgan fingerprint density at radius 2 is 1.86 bits per heavy atom. The zero-order chi connectivity index (χ0) is 15.8. The van der Waals surface area contributed by atoms with Crippen molar-refractivity contribution in [3.8, 4) is 0 Å². The fourth-order valence-corrected chi connectivity index (χ4v) is 2.61. The highest BCUT2D eigenvalue weighted by atomic mass is 16.6. The third-order valence-electron chi connectivity index (χ3n) is 3.94. The van der Waals surface area contributed by atoms with Crippen molar-refractivity contribution in [1.82, 2.24) is 4.90 Å². The van der Waals surface area contributed by atoms with Crippen LogP contribution in [0.5, 0.6) is 0 Å². The number of hydrogen-bond donors (Lipinski definition) is 0. The largest absolute Gasteiger partial charge is 0.386 e. The SMILES string of the molecule is CCN(CC)c1ccc(C=NOCC(=O)N2CCCC2)cc1. The summed E-state index contributed by atoms with van der Waals surface area (Å²) in [5, 5.41) is 3.88. The fraction of sp³-hybridized carbons (Fsp3) is 0.529. The molecule has 1 aromatic carbocycles. The lowest BCUT2D eigenvalue weighted by Gasteiger charge is -2.20. The first-order valence-corrected chi connectivity index (χ1v) is 8.02. The van der Waals surface area contributed by atoms with Crippen LogP contribution in [0.2, 0.25) is 0 Å². The molecule has 1 heterocycles. The number of carbonyl (C=O) groups excluding carboxylic acids is 1. The average molecular weight is 303 g/mol. The summed E-state index contributed by atoms with van der Waals surface area (Å²) in [5.74, 6) is 0.0199. The molecule has 1 aliphatic rings. The first-order valence-electron chi connectivity index (χ1n) is 8.02. The van der Waals surface area contributed by atoms with Crippen molar-refractivity contribution in [2.75, 3.05) is 37.7 Å². The third-order valence-corrected chi connectivity index (χ3v) is 3.94. The second-order valence-electron chi connectivity index (χ2n) is 5.36. The molecule has 5 heteroatoms. The Balaban J connectivity index is 1.79. The Labute approximate surface area is 132 Å². The van der Waals surface area contributed by atoms with Gasteiger partial charge in [-0.15, -0.1) is 0 Å². The van der Waals surface area contributed by atoms with Gasteiger partial charge in [0.25, 0.3) is 5.91 Å². The van der Waals surface area contributed by atoms with Crippen LogP contribution in [0.15, 0.2) is 29.4 Å². The van der Waals surface area contributed by atoms with Crippen molar-refractivity contribution in [2.45, 2.75) is 26.7 Å². The van der Waals surface area contributed by atoms with Crippen LogP contribution in [-0.4, -0.2) is 49.8 Å². The monoisotopic (exact) mass is 303 g/mol. The summed E-state index contributed by atoms with van der Waals surface area (Å²) in [5.41, 5.74) is 2.16. The molecule has 0 aromatic heterocycles. The predicted molar refractivity (Wildman–Crippen MR) is 89.4 cm³/mol. The Hall–Kier alpha value is -2.04. The summed E-state index contributed by atoms with van der Waals surface area (Å²) in [4.78, 5) is 21.0. The summed E-state index contributed by atoms with van der Waals surface area (Å²) in [6.45, 7) is 7.98. The van der Waals surface area contributed by atoms with Gasteiger partial charge in [0, 0.05) is 31.9 Å². The summed E-state index contributed by atoms with van der Waals surface area (Å²) >= 11 is 0. The molecule has 22 heavy (non-hydrogen) atoms. The number of likely N-dealkylation sites (tertiary alicyclic amines) is 1. The topological polar surface area (TPSA) is 45.1 Å². The van der Waals surface area contributed by atoms with Crippen LogP contribution in [0.1, 0.15) is 32.3 Å². The van der Waals surface area contributed by atoms with Crippen LogP contribution in [0.4, 0.5) is 5.69 Å². The number of nitrogens with zero attached hydrogens (tertiary/aromatic N) is 3. The first-order chi connectivity index (χ1) is 10.7. The summed E-state index contributed by atoms with van der Waals surface area (Å²) < 4.78 is 0. The van der Waals surface area contributed by atoms with Crippen LogP contribution in [0, 0.1) is 0 Å². The highest BCUT2D eigenvalue weighted by molar-refractivity contribution is 5.80. The quantitative estimate of drug-likeness (QED) is 0.574. The highest BCUT2D eigenvalue weighted by Gasteiger charge is 2.17. The van der Waals surface area contributed by atoms with E-state index < -0.39 is 0 Å².